The van der Waals surface area contributed by atoms with Gasteiger partial charge in [-0.15, -0.1) is 0 Å². The summed E-state index contributed by atoms with van der Waals surface area (Å²) in [5.41, 5.74) is 7.34. The van der Waals surface area contributed by atoms with Crippen molar-refractivity contribution in [3.8, 4) is 16.9 Å². The molecule has 2 N–H and O–H groups in total. The molecule has 1 amide bonds. The Labute approximate surface area is 257 Å². The number of ether oxygens (including phenoxy) is 1. The zero-order chi connectivity index (χ0) is 29.6. The topological polar surface area (TPSA) is 60.1 Å². The van der Waals surface area contributed by atoms with Crippen LogP contribution in [0.1, 0.15) is 55.5 Å². The Hall–Kier alpha value is -3.55. The third kappa shape index (κ3) is 7.00. The van der Waals surface area contributed by atoms with Gasteiger partial charge in [-0.3, -0.25) is 4.79 Å². The molecule has 0 spiro atoms. The maximum absolute atomic E-state index is 14.0. The number of hydrogen-bond donors (Lipinski definition) is 2. The quantitative estimate of drug-likeness (QED) is 0.272. The number of nitrogens with one attached hydrogen (secondary N) is 2. The van der Waals surface area contributed by atoms with Crippen molar-refractivity contribution in [1.29, 1.82) is 0 Å². The monoisotopic (exact) mass is 581 g/mol. The molecule has 0 saturated carbocycles. The van der Waals surface area contributed by atoms with E-state index in [1.54, 1.807) is 0 Å². The Bertz CT molecular complexity index is 1400. The molecule has 1 atom stereocenters. The van der Waals surface area contributed by atoms with Crippen LogP contribution < -0.4 is 20.3 Å². The average Bonchev–Trinajstić information content (AvgIpc) is 3.44. The number of hydrogen-bond acceptors (Lipinski definition) is 6. The lowest BCUT2D eigenvalue weighted by Crippen LogP contribution is -2.46. The third-order valence-corrected chi connectivity index (χ3v) is 9.15. The Kier molecular flexibility index (Phi) is 9.49. The number of para-hydroxylation sites is 2. The number of carbonyl (C=O) groups excluding carboxylic acids is 1. The molecule has 0 bridgehead atoms. The number of nitrogens with zero attached hydrogens (tertiary/aromatic N) is 3. The summed E-state index contributed by atoms with van der Waals surface area (Å²) >= 11 is 0. The van der Waals surface area contributed by atoms with Crippen LogP contribution in [0.3, 0.4) is 0 Å². The number of rotatable bonds is 10. The van der Waals surface area contributed by atoms with E-state index in [0.29, 0.717) is 24.8 Å². The van der Waals surface area contributed by atoms with Crippen molar-refractivity contribution in [2.24, 2.45) is 0 Å². The molecule has 7 nitrogen and oxygen atoms in total. The van der Waals surface area contributed by atoms with Crippen molar-refractivity contribution in [2.75, 3.05) is 74.5 Å². The van der Waals surface area contributed by atoms with Crippen LogP contribution in [-0.2, 0) is 6.42 Å². The molecule has 228 valence electrons. The third-order valence-electron chi connectivity index (χ3n) is 9.15. The second kappa shape index (κ2) is 13.8. The molecule has 3 aliphatic heterocycles. The Morgan fingerprint density at radius 2 is 1.70 bits per heavy atom. The summed E-state index contributed by atoms with van der Waals surface area (Å²) in [7, 11) is 0. The lowest BCUT2D eigenvalue weighted by atomic mass is 9.99. The molecule has 7 heteroatoms. The van der Waals surface area contributed by atoms with E-state index in [2.05, 4.69) is 64.6 Å². The first-order valence-corrected chi connectivity index (χ1v) is 16.3. The summed E-state index contributed by atoms with van der Waals surface area (Å²) in [6.45, 7) is 13.6. The molecule has 3 heterocycles. The van der Waals surface area contributed by atoms with Gasteiger partial charge >= 0.3 is 0 Å². The Balaban J connectivity index is 1.19. The van der Waals surface area contributed by atoms with Crippen molar-refractivity contribution in [1.82, 2.24) is 9.80 Å². The molecule has 0 unspecified atom stereocenters. The molecule has 43 heavy (non-hydrogen) atoms. The minimum absolute atomic E-state index is 0.0128. The van der Waals surface area contributed by atoms with E-state index >= 15 is 0 Å². The summed E-state index contributed by atoms with van der Waals surface area (Å²) in [6, 6.07) is 21.0. The summed E-state index contributed by atoms with van der Waals surface area (Å²) in [4.78, 5) is 21.1. The highest BCUT2D eigenvalue weighted by Crippen LogP contribution is 2.36. The molecule has 3 aliphatic rings. The molecule has 0 aromatic heterocycles. The number of amides is 1. The first-order chi connectivity index (χ1) is 21.1. The fourth-order valence-electron chi connectivity index (χ4n) is 6.55. The van der Waals surface area contributed by atoms with Gasteiger partial charge in [-0.1, -0.05) is 31.5 Å². The summed E-state index contributed by atoms with van der Waals surface area (Å²) in [6.07, 6.45) is 5.43. The second-order valence-electron chi connectivity index (χ2n) is 12.3. The summed E-state index contributed by atoms with van der Waals surface area (Å²) < 4.78 is 6.53. The molecule has 0 radical (unpaired) electrons. The fourth-order valence-corrected chi connectivity index (χ4v) is 6.55. The van der Waals surface area contributed by atoms with Crippen LogP contribution in [0.15, 0.2) is 60.7 Å². The number of piperazine rings is 1. The molecular formula is C36H47N5O2. The maximum Gasteiger partial charge on any atom is 0.258 e. The minimum atomic E-state index is 0.0128. The SMILES string of the molecule is CCCCN1CCN(CCCOc2cc(C(=O)N3CC[C@H](C)Nc4ccccc43)ccc2-c2ccc3c(c2)CCN3)CC1. The number of anilines is 3. The van der Waals surface area contributed by atoms with E-state index in [0.717, 1.165) is 86.8 Å². The van der Waals surface area contributed by atoms with Crippen molar-refractivity contribution < 1.29 is 9.53 Å². The molecule has 6 rings (SSSR count). The summed E-state index contributed by atoms with van der Waals surface area (Å²) in [5.74, 6) is 0.801. The lowest BCUT2D eigenvalue weighted by Gasteiger charge is -2.34. The highest BCUT2D eigenvalue weighted by atomic mass is 16.5. The van der Waals surface area contributed by atoms with Gasteiger partial charge in [0.25, 0.3) is 5.91 Å². The van der Waals surface area contributed by atoms with Gasteiger partial charge in [-0.25, -0.2) is 0 Å². The smallest absolute Gasteiger partial charge is 0.258 e. The number of fused-ring (bicyclic) bond motifs is 2. The van der Waals surface area contributed by atoms with Gasteiger partial charge in [-0.2, -0.15) is 0 Å². The average molecular weight is 582 g/mol. The molecule has 1 saturated heterocycles. The van der Waals surface area contributed by atoms with Gasteiger partial charge in [0.2, 0.25) is 0 Å². The predicted molar refractivity (Wildman–Crippen MR) is 178 cm³/mol. The Morgan fingerprint density at radius 3 is 2.51 bits per heavy atom. The van der Waals surface area contributed by atoms with Gasteiger partial charge in [0.1, 0.15) is 5.75 Å². The van der Waals surface area contributed by atoms with Gasteiger partial charge in [0, 0.05) is 68.7 Å². The molecular weight excluding hydrogens is 534 g/mol. The van der Waals surface area contributed by atoms with E-state index in [-0.39, 0.29) is 5.91 Å². The van der Waals surface area contributed by atoms with Crippen LogP contribution in [-0.4, -0.2) is 80.7 Å². The van der Waals surface area contributed by atoms with Crippen molar-refractivity contribution in [2.45, 2.75) is 52.0 Å². The summed E-state index contributed by atoms with van der Waals surface area (Å²) in [5, 5.41) is 7.02. The van der Waals surface area contributed by atoms with E-state index in [4.69, 9.17) is 4.74 Å². The first-order valence-electron chi connectivity index (χ1n) is 16.3. The number of carbonyl (C=O) groups is 1. The predicted octanol–water partition coefficient (Wildman–Crippen LogP) is 6.36. The van der Waals surface area contributed by atoms with Crippen LogP contribution in [0.2, 0.25) is 0 Å². The largest absolute Gasteiger partial charge is 0.493 e. The van der Waals surface area contributed by atoms with Gasteiger partial charge in [0.05, 0.1) is 18.0 Å². The minimum Gasteiger partial charge on any atom is -0.493 e. The van der Waals surface area contributed by atoms with Crippen molar-refractivity contribution in [3.05, 3.63) is 71.8 Å². The highest BCUT2D eigenvalue weighted by Gasteiger charge is 2.25. The van der Waals surface area contributed by atoms with Crippen molar-refractivity contribution in [3.63, 3.8) is 0 Å². The van der Waals surface area contributed by atoms with E-state index in [1.807, 2.05) is 35.2 Å². The van der Waals surface area contributed by atoms with Crippen LogP contribution in [0.25, 0.3) is 11.1 Å². The zero-order valence-electron chi connectivity index (χ0n) is 25.9. The molecule has 3 aromatic rings. The first kappa shape index (κ1) is 29.5. The van der Waals surface area contributed by atoms with Gasteiger partial charge in [-0.05, 0) is 92.7 Å². The van der Waals surface area contributed by atoms with Crippen LogP contribution >= 0.6 is 0 Å². The number of benzene rings is 3. The van der Waals surface area contributed by atoms with Gasteiger partial charge < -0.3 is 30.1 Å². The van der Waals surface area contributed by atoms with Crippen molar-refractivity contribution >= 4 is 23.0 Å². The lowest BCUT2D eigenvalue weighted by molar-refractivity contribution is 0.0986. The maximum atomic E-state index is 14.0. The molecule has 3 aromatic carbocycles. The number of unbranched alkanes of at least 4 members (excludes halogenated alkanes) is 1. The normalized spacial score (nSPS) is 18.7. The zero-order valence-corrected chi connectivity index (χ0v) is 25.9. The van der Waals surface area contributed by atoms with Crippen LogP contribution in [0.4, 0.5) is 17.1 Å². The van der Waals surface area contributed by atoms with E-state index in [9.17, 15) is 4.79 Å². The molecule has 1 fully saturated rings. The van der Waals surface area contributed by atoms with Gasteiger partial charge in [0.15, 0.2) is 0 Å². The molecule has 0 aliphatic carbocycles. The van der Waals surface area contributed by atoms with E-state index < -0.39 is 0 Å². The van der Waals surface area contributed by atoms with Crippen LogP contribution in [0.5, 0.6) is 5.75 Å². The Morgan fingerprint density at radius 1 is 0.907 bits per heavy atom. The highest BCUT2D eigenvalue weighted by molar-refractivity contribution is 6.08. The standard InChI is InChI=1S/C36H47N5O2/c1-3-4-17-39-20-22-40(23-21-39)18-7-24-43-35-26-30(10-12-31(35)28-11-13-32-29(25-28)14-16-37-32)36(42)41-19-15-27(2)38-33-8-5-6-9-34(33)41/h5-6,8-13,25-27,37-38H,3-4,7,14-24H2,1-2H3/t27-/m0/s1. The van der Waals surface area contributed by atoms with E-state index in [1.165, 1.54) is 30.6 Å². The van der Waals surface area contributed by atoms with Crippen LogP contribution in [0, 0.1) is 0 Å². The fraction of sp³-hybridized carbons (Fsp3) is 0.472. The second-order valence-corrected chi connectivity index (χ2v) is 12.3.